The fourth-order valence-electron chi connectivity index (χ4n) is 1.78. The number of aryl methyl sites for hydroxylation is 2. The number of aromatic nitrogens is 3. The monoisotopic (exact) mass is 303 g/mol. The van der Waals surface area contributed by atoms with E-state index in [9.17, 15) is 0 Å². The van der Waals surface area contributed by atoms with E-state index in [0.29, 0.717) is 11.1 Å². The summed E-state index contributed by atoms with van der Waals surface area (Å²) >= 11 is 6.86. The Bertz CT molecular complexity index is 760. The zero-order valence-corrected chi connectivity index (χ0v) is 12.7. The quantitative estimate of drug-likeness (QED) is 0.712. The van der Waals surface area contributed by atoms with E-state index >= 15 is 0 Å². The highest BCUT2D eigenvalue weighted by molar-refractivity contribution is 7.80. The highest BCUT2D eigenvalue weighted by atomic mass is 32.1. The molecule has 0 radical (unpaired) electrons. The van der Waals surface area contributed by atoms with Gasteiger partial charge in [0.05, 0.1) is 5.69 Å². The van der Waals surface area contributed by atoms with Gasteiger partial charge in [-0.05, 0) is 38.2 Å². The number of nitrogens with one attached hydrogen (secondary N) is 2. The number of hydrogen-bond donors (Lipinski definition) is 2. The van der Waals surface area contributed by atoms with Crippen LogP contribution in [0.2, 0.25) is 0 Å². The van der Waals surface area contributed by atoms with E-state index in [4.69, 9.17) is 12.2 Å². The van der Waals surface area contributed by atoms with Gasteiger partial charge in [0.2, 0.25) is 10.9 Å². The molecule has 2 heterocycles. The molecule has 2 N–H and O–H groups in total. The molecular formula is C13H13N5S2. The van der Waals surface area contributed by atoms with Gasteiger partial charge in [0.15, 0.2) is 5.11 Å². The number of anilines is 2. The summed E-state index contributed by atoms with van der Waals surface area (Å²) in [4.78, 5) is 6.49. The van der Waals surface area contributed by atoms with E-state index in [-0.39, 0.29) is 0 Å². The third kappa shape index (κ3) is 2.50. The normalized spacial score (nSPS) is 10.7. The zero-order chi connectivity index (χ0) is 14.1. The Labute approximate surface area is 125 Å². The topological polar surface area (TPSA) is 54.2 Å². The number of benzene rings is 1. The highest BCUT2D eigenvalue weighted by Gasteiger charge is 2.11. The van der Waals surface area contributed by atoms with Gasteiger partial charge < -0.3 is 5.32 Å². The number of thiocarbonyl (C=S) groups is 1. The molecule has 0 bridgehead atoms. The molecule has 1 aromatic carbocycles. The fraction of sp³-hybridized carbons (Fsp3) is 0.154. The second-order valence-electron chi connectivity index (χ2n) is 4.32. The van der Waals surface area contributed by atoms with Gasteiger partial charge in [-0.15, -0.1) is 5.10 Å². The van der Waals surface area contributed by atoms with Crippen molar-refractivity contribution in [1.29, 1.82) is 0 Å². The van der Waals surface area contributed by atoms with Crippen molar-refractivity contribution in [3.05, 3.63) is 40.9 Å². The van der Waals surface area contributed by atoms with Crippen molar-refractivity contribution in [2.24, 2.45) is 0 Å². The third-order valence-corrected chi connectivity index (χ3v) is 4.16. The number of nitrogens with zero attached hydrogens (tertiary/aromatic N) is 3. The maximum Gasteiger partial charge on any atom is 0.250 e. The summed E-state index contributed by atoms with van der Waals surface area (Å²) in [6.45, 7) is 4.09. The lowest BCUT2D eigenvalue weighted by molar-refractivity contribution is 0.929. The molecule has 102 valence electrons. The highest BCUT2D eigenvalue weighted by Crippen LogP contribution is 2.21. The van der Waals surface area contributed by atoms with Gasteiger partial charge in [0, 0.05) is 10.6 Å². The molecule has 0 atom stereocenters. The fourth-order valence-corrected chi connectivity index (χ4v) is 2.89. The molecule has 20 heavy (non-hydrogen) atoms. The summed E-state index contributed by atoms with van der Waals surface area (Å²) in [5, 5.41) is 11.0. The SMILES string of the molecule is Cc1sc2nc(NC(=S)Nc3ccccc3)nn2c1C. The number of rotatable bonds is 2. The molecule has 0 aliphatic heterocycles. The van der Waals surface area contributed by atoms with Crippen molar-refractivity contribution in [3.63, 3.8) is 0 Å². The molecule has 0 aliphatic carbocycles. The zero-order valence-electron chi connectivity index (χ0n) is 11.0. The van der Waals surface area contributed by atoms with E-state index in [1.54, 1.807) is 11.3 Å². The molecule has 0 amide bonds. The molecule has 2 aromatic heterocycles. The number of para-hydroxylation sites is 1. The maximum atomic E-state index is 5.25. The van der Waals surface area contributed by atoms with Gasteiger partial charge >= 0.3 is 0 Å². The van der Waals surface area contributed by atoms with Crippen molar-refractivity contribution in [1.82, 2.24) is 14.6 Å². The Kier molecular flexibility index (Phi) is 3.37. The summed E-state index contributed by atoms with van der Waals surface area (Å²) < 4.78 is 1.83. The van der Waals surface area contributed by atoms with Gasteiger partial charge in [0.25, 0.3) is 0 Å². The third-order valence-electron chi connectivity index (χ3n) is 2.91. The van der Waals surface area contributed by atoms with Crippen molar-refractivity contribution in [2.45, 2.75) is 13.8 Å². The first-order valence-electron chi connectivity index (χ1n) is 6.09. The van der Waals surface area contributed by atoms with Gasteiger partial charge in [0.1, 0.15) is 0 Å². The van der Waals surface area contributed by atoms with Crippen LogP contribution in [0.1, 0.15) is 10.6 Å². The molecule has 5 nitrogen and oxygen atoms in total. The van der Waals surface area contributed by atoms with Gasteiger partial charge in [-0.1, -0.05) is 29.5 Å². The van der Waals surface area contributed by atoms with E-state index in [1.807, 2.05) is 41.8 Å². The van der Waals surface area contributed by atoms with Crippen LogP contribution < -0.4 is 10.6 Å². The average Bonchev–Trinajstić information content (AvgIpc) is 2.91. The van der Waals surface area contributed by atoms with E-state index < -0.39 is 0 Å². The van der Waals surface area contributed by atoms with Gasteiger partial charge in [-0.2, -0.15) is 4.98 Å². The second-order valence-corrected chi connectivity index (χ2v) is 5.91. The Morgan fingerprint density at radius 3 is 2.65 bits per heavy atom. The molecule has 0 saturated carbocycles. The summed E-state index contributed by atoms with van der Waals surface area (Å²) in [7, 11) is 0. The maximum absolute atomic E-state index is 5.25. The summed E-state index contributed by atoms with van der Waals surface area (Å²) in [6, 6.07) is 9.74. The first kappa shape index (κ1) is 13.0. The Hall–Kier alpha value is -1.99. The molecule has 3 rings (SSSR count). The number of thiazole rings is 1. The Morgan fingerprint density at radius 2 is 1.95 bits per heavy atom. The molecule has 0 saturated heterocycles. The van der Waals surface area contributed by atoms with Crippen LogP contribution in [0.4, 0.5) is 11.6 Å². The predicted molar refractivity (Wildman–Crippen MR) is 86.6 cm³/mol. The van der Waals surface area contributed by atoms with Crippen molar-refractivity contribution in [2.75, 3.05) is 10.6 Å². The van der Waals surface area contributed by atoms with Crippen molar-refractivity contribution >= 4 is 45.3 Å². The van der Waals surface area contributed by atoms with Crippen LogP contribution in [-0.4, -0.2) is 19.7 Å². The molecule has 0 aliphatic rings. The number of hydrogen-bond acceptors (Lipinski definition) is 4. The molecule has 0 unspecified atom stereocenters. The van der Waals surface area contributed by atoms with E-state index in [1.165, 1.54) is 4.88 Å². The first-order chi connectivity index (χ1) is 9.63. The molecular weight excluding hydrogens is 290 g/mol. The van der Waals surface area contributed by atoms with Crippen LogP contribution in [-0.2, 0) is 0 Å². The minimum absolute atomic E-state index is 0.476. The van der Waals surface area contributed by atoms with Crippen molar-refractivity contribution in [3.8, 4) is 0 Å². The minimum Gasteiger partial charge on any atom is -0.332 e. The molecule has 3 aromatic rings. The van der Waals surface area contributed by atoms with Crippen LogP contribution in [0.5, 0.6) is 0 Å². The van der Waals surface area contributed by atoms with Crippen molar-refractivity contribution < 1.29 is 0 Å². The van der Waals surface area contributed by atoms with Crippen LogP contribution in [0.15, 0.2) is 30.3 Å². The first-order valence-corrected chi connectivity index (χ1v) is 7.32. The standard InChI is InChI=1S/C13H13N5S2/c1-8-9(2)20-13-16-11(17-18(8)13)15-12(19)14-10-6-4-3-5-7-10/h3-7H,1-2H3,(H2,14,15,17,19). The summed E-state index contributed by atoms with van der Waals surface area (Å²) in [5.74, 6) is 0.507. The van der Waals surface area contributed by atoms with Crippen LogP contribution >= 0.6 is 23.6 Å². The minimum atomic E-state index is 0.476. The average molecular weight is 303 g/mol. The predicted octanol–water partition coefficient (Wildman–Crippen LogP) is 3.22. The lowest BCUT2D eigenvalue weighted by Crippen LogP contribution is -2.19. The Balaban J connectivity index is 1.74. The smallest absolute Gasteiger partial charge is 0.250 e. The van der Waals surface area contributed by atoms with Crippen LogP contribution in [0.25, 0.3) is 4.96 Å². The molecule has 0 fully saturated rings. The lowest BCUT2D eigenvalue weighted by atomic mass is 10.3. The van der Waals surface area contributed by atoms with Gasteiger partial charge in [-0.3, -0.25) is 5.32 Å². The second kappa shape index (κ2) is 5.18. The van der Waals surface area contributed by atoms with E-state index in [2.05, 4.69) is 27.6 Å². The van der Waals surface area contributed by atoms with Crippen LogP contribution in [0, 0.1) is 13.8 Å². The van der Waals surface area contributed by atoms with E-state index in [0.717, 1.165) is 16.3 Å². The Morgan fingerprint density at radius 1 is 1.20 bits per heavy atom. The lowest BCUT2D eigenvalue weighted by Gasteiger charge is -2.07. The molecule has 0 spiro atoms. The summed E-state index contributed by atoms with van der Waals surface area (Å²) in [6.07, 6.45) is 0. The molecule has 7 heteroatoms. The largest absolute Gasteiger partial charge is 0.332 e. The van der Waals surface area contributed by atoms with Crippen LogP contribution in [0.3, 0.4) is 0 Å². The number of fused-ring (bicyclic) bond motifs is 1. The van der Waals surface area contributed by atoms with Gasteiger partial charge in [-0.25, -0.2) is 4.52 Å². The summed E-state index contributed by atoms with van der Waals surface area (Å²) in [5.41, 5.74) is 2.03.